The lowest BCUT2D eigenvalue weighted by molar-refractivity contribution is 0.0477. The highest BCUT2D eigenvalue weighted by atomic mass is 32.2. The fraction of sp³-hybridized carbons (Fsp3) is 0.500. The maximum Gasteiger partial charge on any atom is 0.0821 e. The highest BCUT2D eigenvalue weighted by Gasteiger charge is 2.25. The van der Waals surface area contributed by atoms with Gasteiger partial charge in [0.2, 0.25) is 0 Å². The van der Waals surface area contributed by atoms with Crippen LogP contribution in [-0.2, 0) is 11.2 Å². The van der Waals surface area contributed by atoms with Crippen molar-refractivity contribution in [3.05, 3.63) is 35.2 Å². The molecule has 1 fully saturated rings. The zero-order valence-corrected chi connectivity index (χ0v) is 13.4. The lowest BCUT2D eigenvalue weighted by atomic mass is 10.0. The molecule has 2 unspecified atom stereocenters. The Bertz CT molecular complexity index is 548. The third kappa shape index (κ3) is 3.19. The first kappa shape index (κ1) is 14.4. The quantitative estimate of drug-likeness (QED) is 0.913. The highest BCUT2D eigenvalue weighted by Crippen LogP contribution is 2.28. The van der Waals surface area contributed by atoms with Crippen LogP contribution in [0.1, 0.15) is 12.5 Å². The van der Waals surface area contributed by atoms with Crippen molar-refractivity contribution in [1.29, 1.82) is 0 Å². The summed E-state index contributed by atoms with van der Waals surface area (Å²) in [6.07, 6.45) is 1.40. The van der Waals surface area contributed by atoms with Crippen LogP contribution in [-0.4, -0.2) is 36.8 Å². The van der Waals surface area contributed by atoms with E-state index in [9.17, 15) is 0 Å². The summed E-state index contributed by atoms with van der Waals surface area (Å²) in [6, 6.07) is 9.11. The molecular formula is C16H21NOS2. The van der Waals surface area contributed by atoms with E-state index in [0.717, 1.165) is 31.1 Å². The molecule has 108 valence electrons. The third-order valence-corrected chi connectivity index (χ3v) is 5.79. The number of benzene rings is 1. The van der Waals surface area contributed by atoms with Gasteiger partial charge in [-0.05, 0) is 35.4 Å². The van der Waals surface area contributed by atoms with Crippen LogP contribution in [0, 0.1) is 0 Å². The van der Waals surface area contributed by atoms with E-state index in [1.807, 2.05) is 23.1 Å². The maximum absolute atomic E-state index is 5.97. The van der Waals surface area contributed by atoms with Gasteiger partial charge in [0.25, 0.3) is 0 Å². The van der Waals surface area contributed by atoms with Gasteiger partial charge in [-0.2, -0.15) is 11.8 Å². The minimum Gasteiger partial charge on any atom is -0.375 e. The van der Waals surface area contributed by atoms with Gasteiger partial charge in [-0.25, -0.2) is 0 Å². The fourth-order valence-electron chi connectivity index (χ4n) is 2.76. The summed E-state index contributed by atoms with van der Waals surface area (Å²) in [5, 5.41) is 7.34. The predicted octanol–water partition coefficient (Wildman–Crippen LogP) is 3.55. The monoisotopic (exact) mass is 307 g/mol. The predicted molar refractivity (Wildman–Crippen MR) is 90.1 cm³/mol. The molecule has 0 radical (unpaired) electrons. The molecule has 20 heavy (non-hydrogen) atoms. The van der Waals surface area contributed by atoms with Crippen LogP contribution in [0.3, 0.4) is 0 Å². The smallest absolute Gasteiger partial charge is 0.0821 e. The first-order chi connectivity index (χ1) is 9.88. The number of thiophene rings is 1. The Morgan fingerprint density at radius 1 is 1.40 bits per heavy atom. The summed E-state index contributed by atoms with van der Waals surface area (Å²) in [4.78, 5) is 0. The molecule has 2 heterocycles. The normalized spacial score (nSPS) is 21.1. The van der Waals surface area contributed by atoms with E-state index in [-0.39, 0.29) is 0 Å². The second-order valence-corrected chi connectivity index (χ2v) is 7.17. The molecule has 4 heteroatoms. The van der Waals surface area contributed by atoms with Crippen LogP contribution in [0.4, 0.5) is 0 Å². The van der Waals surface area contributed by atoms with Crippen molar-refractivity contribution >= 4 is 33.2 Å². The molecule has 1 aliphatic rings. The Kier molecular flexibility index (Phi) is 4.99. The molecule has 1 aromatic carbocycles. The van der Waals surface area contributed by atoms with E-state index in [0.29, 0.717) is 12.1 Å². The Hall–Kier alpha value is -0.550. The van der Waals surface area contributed by atoms with Crippen molar-refractivity contribution in [1.82, 2.24) is 5.32 Å². The van der Waals surface area contributed by atoms with Crippen molar-refractivity contribution in [2.24, 2.45) is 0 Å². The zero-order valence-electron chi connectivity index (χ0n) is 11.8. The third-order valence-electron chi connectivity index (χ3n) is 3.76. The van der Waals surface area contributed by atoms with Crippen molar-refractivity contribution in [2.45, 2.75) is 25.5 Å². The lowest BCUT2D eigenvalue weighted by Gasteiger charge is -2.30. The van der Waals surface area contributed by atoms with E-state index in [1.54, 1.807) is 0 Å². The van der Waals surface area contributed by atoms with Crippen LogP contribution in [0.25, 0.3) is 10.1 Å². The van der Waals surface area contributed by atoms with Crippen LogP contribution < -0.4 is 5.32 Å². The largest absolute Gasteiger partial charge is 0.375 e. The molecule has 0 bridgehead atoms. The van der Waals surface area contributed by atoms with Crippen molar-refractivity contribution in [2.75, 3.05) is 24.7 Å². The van der Waals surface area contributed by atoms with E-state index in [1.165, 1.54) is 15.6 Å². The second-order valence-electron chi connectivity index (χ2n) is 5.11. The van der Waals surface area contributed by atoms with Gasteiger partial charge in [-0.15, -0.1) is 11.3 Å². The molecule has 0 amide bonds. The summed E-state index contributed by atoms with van der Waals surface area (Å²) < 4.78 is 7.36. The van der Waals surface area contributed by atoms with Gasteiger partial charge in [0.05, 0.1) is 12.7 Å². The molecule has 2 atom stereocenters. The number of hydrogen-bond donors (Lipinski definition) is 1. The fourth-order valence-corrected chi connectivity index (χ4v) is 4.68. The number of likely N-dealkylation sites (N-methyl/N-ethyl adjacent to an activating group) is 1. The first-order valence-electron chi connectivity index (χ1n) is 7.26. The molecule has 0 spiro atoms. The van der Waals surface area contributed by atoms with E-state index in [2.05, 4.69) is 41.9 Å². The number of fused-ring (bicyclic) bond motifs is 1. The molecule has 0 saturated carbocycles. The molecule has 0 aliphatic carbocycles. The van der Waals surface area contributed by atoms with Crippen LogP contribution >= 0.6 is 23.1 Å². The van der Waals surface area contributed by atoms with Crippen molar-refractivity contribution < 1.29 is 4.74 Å². The molecule has 2 aromatic rings. The summed E-state index contributed by atoms with van der Waals surface area (Å²) in [5.41, 5.74) is 1.45. The van der Waals surface area contributed by atoms with Gasteiger partial charge in [-0.3, -0.25) is 0 Å². The molecule has 1 saturated heterocycles. The summed E-state index contributed by atoms with van der Waals surface area (Å²) in [7, 11) is 0. The average Bonchev–Trinajstić information content (AvgIpc) is 2.91. The minimum absolute atomic E-state index is 0.340. The van der Waals surface area contributed by atoms with E-state index < -0.39 is 0 Å². The second kappa shape index (κ2) is 6.94. The van der Waals surface area contributed by atoms with Gasteiger partial charge in [0, 0.05) is 22.2 Å². The number of ether oxygens (including phenoxy) is 1. The van der Waals surface area contributed by atoms with Crippen LogP contribution in [0.5, 0.6) is 0 Å². The number of hydrogen-bond acceptors (Lipinski definition) is 4. The van der Waals surface area contributed by atoms with Crippen LogP contribution in [0.15, 0.2) is 29.6 Å². The number of nitrogens with one attached hydrogen (secondary N) is 1. The summed E-state index contributed by atoms with van der Waals surface area (Å²) in [6.45, 7) is 4.06. The SMILES string of the molecule is CCNC(Cc1csc2ccccc12)C1CSCCO1. The van der Waals surface area contributed by atoms with E-state index >= 15 is 0 Å². The lowest BCUT2D eigenvalue weighted by Crippen LogP contribution is -2.46. The maximum atomic E-state index is 5.97. The van der Waals surface area contributed by atoms with Gasteiger partial charge in [-0.1, -0.05) is 25.1 Å². The van der Waals surface area contributed by atoms with Gasteiger partial charge < -0.3 is 10.1 Å². The Morgan fingerprint density at radius 3 is 3.10 bits per heavy atom. The Morgan fingerprint density at radius 2 is 2.30 bits per heavy atom. The Balaban J connectivity index is 1.78. The molecule has 1 N–H and O–H groups in total. The van der Waals surface area contributed by atoms with Crippen molar-refractivity contribution in [3.63, 3.8) is 0 Å². The topological polar surface area (TPSA) is 21.3 Å². The molecular weight excluding hydrogens is 286 g/mol. The first-order valence-corrected chi connectivity index (χ1v) is 9.29. The molecule has 2 nitrogen and oxygen atoms in total. The zero-order chi connectivity index (χ0) is 13.8. The summed E-state index contributed by atoms with van der Waals surface area (Å²) in [5.74, 6) is 2.25. The van der Waals surface area contributed by atoms with Crippen LogP contribution in [0.2, 0.25) is 0 Å². The standard InChI is InChI=1S/C16H21NOS2/c1-2-17-14(15-11-19-8-7-18-15)9-12-10-20-16-6-4-3-5-13(12)16/h3-6,10,14-15,17H,2,7-9,11H2,1H3. The number of thioether (sulfide) groups is 1. The van der Waals surface area contributed by atoms with Gasteiger partial charge >= 0.3 is 0 Å². The van der Waals surface area contributed by atoms with Gasteiger partial charge in [0.15, 0.2) is 0 Å². The number of rotatable bonds is 5. The van der Waals surface area contributed by atoms with Gasteiger partial charge in [0.1, 0.15) is 0 Å². The average molecular weight is 307 g/mol. The molecule has 1 aliphatic heterocycles. The highest BCUT2D eigenvalue weighted by molar-refractivity contribution is 7.99. The molecule has 1 aromatic heterocycles. The minimum atomic E-state index is 0.340. The van der Waals surface area contributed by atoms with Crippen molar-refractivity contribution in [3.8, 4) is 0 Å². The summed E-state index contributed by atoms with van der Waals surface area (Å²) >= 11 is 3.86. The molecule has 3 rings (SSSR count). The van der Waals surface area contributed by atoms with E-state index in [4.69, 9.17) is 4.74 Å². The Labute approximate surface area is 128 Å².